The molecular formula is C16H21Cl2N. The standard InChI is InChI=1S/C16H21Cl2N/c17-13-6-8-16(15(18)10-13)19-14-7-5-11-3-1-2-4-12(11)9-14/h6,8,10-12,14,19H,1-5,7,9H2. The van der Waals surface area contributed by atoms with Crippen LogP contribution in [0.3, 0.4) is 0 Å². The van der Waals surface area contributed by atoms with E-state index in [1.54, 1.807) is 0 Å². The van der Waals surface area contributed by atoms with Crippen LogP contribution in [-0.2, 0) is 0 Å². The maximum absolute atomic E-state index is 6.24. The quantitative estimate of drug-likeness (QED) is 0.731. The number of benzene rings is 1. The van der Waals surface area contributed by atoms with Crippen molar-refractivity contribution in [3.63, 3.8) is 0 Å². The van der Waals surface area contributed by atoms with Crippen LogP contribution in [-0.4, -0.2) is 6.04 Å². The van der Waals surface area contributed by atoms with Gasteiger partial charge in [-0.2, -0.15) is 0 Å². The van der Waals surface area contributed by atoms with Gasteiger partial charge in [-0.1, -0.05) is 48.9 Å². The zero-order valence-electron chi connectivity index (χ0n) is 11.2. The van der Waals surface area contributed by atoms with Crippen molar-refractivity contribution in [2.45, 2.75) is 51.0 Å². The van der Waals surface area contributed by atoms with Gasteiger partial charge in [0, 0.05) is 11.1 Å². The van der Waals surface area contributed by atoms with Gasteiger partial charge in [-0.3, -0.25) is 0 Å². The lowest BCUT2D eigenvalue weighted by molar-refractivity contribution is 0.162. The molecule has 1 aromatic rings. The Morgan fingerprint density at radius 3 is 2.53 bits per heavy atom. The van der Waals surface area contributed by atoms with Crippen molar-refractivity contribution in [2.24, 2.45) is 11.8 Å². The lowest BCUT2D eigenvalue weighted by Crippen LogP contribution is -2.34. The van der Waals surface area contributed by atoms with E-state index in [9.17, 15) is 0 Å². The molecular weight excluding hydrogens is 277 g/mol. The monoisotopic (exact) mass is 297 g/mol. The van der Waals surface area contributed by atoms with Crippen LogP contribution < -0.4 is 5.32 Å². The number of halogens is 2. The Bertz CT molecular complexity index is 446. The Morgan fingerprint density at radius 2 is 1.74 bits per heavy atom. The molecule has 3 rings (SSSR count). The molecule has 0 saturated heterocycles. The Morgan fingerprint density at radius 1 is 0.947 bits per heavy atom. The predicted molar refractivity (Wildman–Crippen MR) is 83.2 cm³/mol. The molecule has 0 heterocycles. The zero-order valence-corrected chi connectivity index (χ0v) is 12.7. The molecule has 3 heteroatoms. The number of fused-ring (bicyclic) bond motifs is 1. The van der Waals surface area contributed by atoms with E-state index in [0.29, 0.717) is 11.1 Å². The minimum absolute atomic E-state index is 0.582. The van der Waals surface area contributed by atoms with E-state index in [1.807, 2.05) is 18.2 Å². The summed E-state index contributed by atoms with van der Waals surface area (Å²) in [4.78, 5) is 0. The highest BCUT2D eigenvalue weighted by Crippen LogP contribution is 2.41. The number of hydrogen-bond donors (Lipinski definition) is 1. The summed E-state index contributed by atoms with van der Waals surface area (Å²) >= 11 is 12.2. The van der Waals surface area contributed by atoms with Crippen molar-refractivity contribution in [3.05, 3.63) is 28.2 Å². The Balaban J connectivity index is 1.64. The summed E-state index contributed by atoms with van der Waals surface area (Å²) in [6.07, 6.45) is 9.73. The van der Waals surface area contributed by atoms with E-state index in [0.717, 1.165) is 22.5 Å². The van der Waals surface area contributed by atoms with Gasteiger partial charge in [-0.25, -0.2) is 0 Å². The molecule has 2 saturated carbocycles. The van der Waals surface area contributed by atoms with Crippen molar-refractivity contribution in [2.75, 3.05) is 5.32 Å². The summed E-state index contributed by atoms with van der Waals surface area (Å²) < 4.78 is 0. The molecule has 1 aromatic carbocycles. The maximum atomic E-state index is 6.24. The molecule has 19 heavy (non-hydrogen) atoms. The fourth-order valence-electron chi connectivity index (χ4n) is 3.83. The van der Waals surface area contributed by atoms with E-state index in [1.165, 1.54) is 44.9 Å². The fourth-order valence-corrected chi connectivity index (χ4v) is 4.29. The van der Waals surface area contributed by atoms with Crippen molar-refractivity contribution in [1.29, 1.82) is 0 Å². The molecule has 0 aliphatic heterocycles. The van der Waals surface area contributed by atoms with Gasteiger partial charge in [0.15, 0.2) is 0 Å². The van der Waals surface area contributed by atoms with Crippen LogP contribution in [0.4, 0.5) is 5.69 Å². The van der Waals surface area contributed by atoms with Gasteiger partial charge in [-0.15, -0.1) is 0 Å². The second-order valence-corrected chi connectivity index (χ2v) is 6.93. The molecule has 1 N–H and O–H groups in total. The third-order valence-electron chi connectivity index (χ3n) is 4.83. The molecule has 0 radical (unpaired) electrons. The second kappa shape index (κ2) is 5.93. The van der Waals surface area contributed by atoms with Gasteiger partial charge in [0.2, 0.25) is 0 Å². The summed E-state index contributed by atoms with van der Waals surface area (Å²) in [7, 11) is 0. The van der Waals surface area contributed by atoms with Crippen LogP contribution in [0.5, 0.6) is 0 Å². The normalized spacial score (nSPS) is 30.7. The highest BCUT2D eigenvalue weighted by molar-refractivity contribution is 6.36. The van der Waals surface area contributed by atoms with Gasteiger partial charge < -0.3 is 5.32 Å². The predicted octanol–water partition coefficient (Wildman–Crippen LogP) is 5.76. The summed E-state index contributed by atoms with van der Waals surface area (Å²) in [5, 5.41) is 5.05. The average molecular weight is 298 g/mol. The largest absolute Gasteiger partial charge is 0.381 e. The first-order valence-corrected chi connectivity index (χ1v) is 8.19. The Kier molecular flexibility index (Phi) is 4.24. The van der Waals surface area contributed by atoms with Crippen LogP contribution in [0.1, 0.15) is 44.9 Å². The molecule has 104 valence electrons. The summed E-state index contributed by atoms with van der Waals surface area (Å²) in [6, 6.07) is 6.30. The highest BCUT2D eigenvalue weighted by atomic mass is 35.5. The maximum Gasteiger partial charge on any atom is 0.0652 e. The molecule has 0 aromatic heterocycles. The molecule has 3 unspecified atom stereocenters. The number of hydrogen-bond acceptors (Lipinski definition) is 1. The van der Waals surface area contributed by atoms with E-state index in [2.05, 4.69) is 5.32 Å². The smallest absolute Gasteiger partial charge is 0.0652 e. The van der Waals surface area contributed by atoms with E-state index < -0.39 is 0 Å². The Labute approximate surface area is 125 Å². The van der Waals surface area contributed by atoms with E-state index in [-0.39, 0.29) is 0 Å². The van der Waals surface area contributed by atoms with E-state index in [4.69, 9.17) is 23.2 Å². The van der Waals surface area contributed by atoms with Gasteiger partial charge in [-0.05, 0) is 49.3 Å². The van der Waals surface area contributed by atoms with Crippen molar-refractivity contribution in [3.8, 4) is 0 Å². The van der Waals surface area contributed by atoms with Crippen LogP contribution in [0.15, 0.2) is 18.2 Å². The first-order chi connectivity index (χ1) is 9.22. The zero-order chi connectivity index (χ0) is 13.2. The molecule has 0 bridgehead atoms. The van der Waals surface area contributed by atoms with Crippen LogP contribution in [0, 0.1) is 11.8 Å². The molecule has 2 fully saturated rings. The van der Waals surface area contributed by atoms with Crippen LogP contribution in [0.2, 0.25) is 10.0 Å². The average Bonchev–Trinajstić information content (AvgIpc) is 2.42. The van der Waals surface area contributed by atoms with Crippen molar-refractivity contribution >= 4 is 28.9 Å². The van der Waals surface area contributed by atoms with Gasteiger partial charge in [0.05, 0.1) is 10.7 Å². The lowest BCUT2D eigenvalue weighted by Gasteiger charge is -2.40. The van der Waals surface area contributed by atoms with Gasteiger partial charge in [0.25, 0.3) is 0 Å². The van der Waals surface area contributed by atoms with E-state index >= 15 is 0 Å². The van der Waals surface area contributed by atoms with Gasteiger partial charge >= 0.3 is 0 Å². The topological polar surface area (TPSA) is 12.0 Å². The first kappa shape index (κ1) is 13.6. The van der Waals surface area contributed by atoms with Crippen molar-refractivity contribution in [1.82, 2.24) is 0 Å². The number of rotatable bonds is 2. The fraction of sp³-hybridized carbons (Fsp3) is 0.625. The number of nitrogens with one attached hydrogen (secondary N) is 1. The number of anilines is 1. The molecule has 1 nitrogen and oxygen atoms in total. The van der Waals surface area contributed by atoms with Crippen molar-refractivity contribution < 1.29 is 0 Å². The minimum atomic E-state index is 0.582. The molecule has 2 aliphatic rings. The third kappa shape index (κ3) is 3.20. The summed E-state index contributed by atoms with van der Waals surface area (Å²) in [5.74, 6) is 1.93. The Hall–Kier alpha value is -0.400. The lowest BCUT2D eigenvalue weighted by atomic mass is 9.69. The highest BCUT2D eigenvalue weighted by Gasteiger charge is 2.32. The third-order valence-corrected chi connectivity index (χ3v) is 5.38. The van der Waals surface area contributed by atoms with Crippen LogP contribution in [0.25, 0.3) is 0 Å². The minimum Gasteiger partial charge on any atom is -0.381 e. The molecule has 2 aliphatic carbocycles. The molecule has 0 spiro atoms. The van der Waals surface area contributed by atoms with Gasteiger partial charge in [0.1, 0.15) is 0 Å². The summed E-state index contributed by atoms with van der Waals surface area (Å²) in [6.45, 7) is 0. The SMILES string of the molecule is Clc1ccc(NC2CCC3CCCCC3C2)c(Cl)c1. The second-order valence-electron chi connectivity index (χ2n) is 6.08. The summed E-state index contributed by atoms with van der Waals surface area (Å²) in [5.41, 5.74) is 1.03. The molecule has 3 atom stereocenters. The first-order valence-electron chi connectivity index (χ1n) is 7.44. The molecule has 0 amide bonds. The van der Waals surface area contributed by atoms with Crippen LogP contribution >= 0.6 is 23.2 Å².